The van der Waals surface area contributed by atoms with Gasteiger partial charge in [-0.1, -0.05) is 30.3 Å². The molecular weight excluding hydrogens is 490 g/mol. The van der Waals surface area contributed by atoms with Crippen molar-refractivity contribution in [2.24, 2.45) is 5.92 Å². The highest BCUT2D eigenvalue weighted by molar-refractivity contribution is 7.92. The molecule has 3 heterocycles. The van der Waals surface area contributed by atoms with Crippen molar-refractivity contribution in [1.82, 2.24) is 19.9 Å². The molecule has 0 saturated carbocycles. The van der Waals surface area contributed by atoms with E-state index in [4.69, 9.17) is 0 Å². The standard InChI is InChI=1S/C26H25N7O3S/c34-25(31-21-7-9-22(10-8-21)37(35,36)32-26-27-13-4-14-28-26)20-11-15-33(16-12-20)24-17-23(29-18-30-24)19-5-2-1-3-6-19/h1-10,13-14,17-18,20H,11-12,15-16H2,(H,31,34)(H,27,28,32). The van der Waals surface area contributed by atoms with Crippen molar-refractivity contribution >= 4 is 33.4 Å². The van der Waals surface area contributed by atoms with Crippen LogP contribution in [0, 0.1) is 5.92 Å². The van der Waals surface area contributed by atoms with Crippen LogP contribution >= 0.6 is 0 Å². The number of nitrogens with zero attached hydrogens (tertiary/aromatic N) is 5. The number of rotatable bonds is 7. The summed E-state index contributed by atoms with van der Waals surface area (Å²) in [6.45, 7) is 1.40. The Morgan fingerprint density at radius 3 is 2.27 bits per heavy atom. The molecule has 10 nitrogen and oxygen atoms in total. The van der Waals surface area contributed by atoms with Crippen LogP contribution in [0.5, 0.6) is 0 Å². The quantitative estimate of drug-likeness (QED) is 0.382. The molecule has 1 aliphatic rings. The van der Waals surface area contributed by atoms with Crippen LogP contribution in [0.15, 0.2) is 90.3 Å². The molecule has 4 aromatic rings. The third-order valence-electron chi connectivity index (χ3n) is 6.14. The smallest absolute Gasteiger partial charge is 0.264 e. The van der Waals surface area contributed by atoms with Crippen LogP contribution < -0.4 is 14.9 Å². The molecule has 5 rings (SSSR count). The second kappa shape index (κ2) is 10.7. The molecule has 1 saturated heterocycles. The lowest BCUT2D eigenvalue weighted by Crippen LogP contribution is -2.38. The van der Waals surface area contributed by atoms with E-state index in [-0.39, 0.29) is 22.7 Å². The summed E-state index contributed by atoms with van der Waals surface area (Å²) in [6.07, 6.45) is 5.84. The lowest BCUT2D eigenvalue weighted by atomic mass is 9.95. The molecule has 1 aliphatic heterocycles. The number of hydrogen-bond donors (Lipinski definition) is 2. The summed E-state index contributed by atoms with van der Waals surface area (Å²) in [5, 5.41) is 2.90. The molecule has 2 aromatic carbocycles. The molecule has 11 heteroatoms. The van der Waals surface area contributed by atoms with Crippen molar-refractivity contribution in [2.75, 3.05) is 28.0 Å². The summed E-state index contributed by atoms with van der Waals surface area (Å²) >= 11 is 0. The molecule has 188 valence electrons. The molecule has 0 bridgehead atoms. The van der Waals surface area contributed by atoms with Gasteiger partial charge in [0.25, 0.3) is 10.0 Å². The number of anilines is 3. The summed E-state index contributed by atoms with van der Waals surface area (Å²) in [6, 6.07) is 19.5. The Morgan fingerprint density at radius 2 is 1.57 bits per heavy atom. The number of piperidine rings is 1. The SMILES string of the molecule is O=C(Nc1ccc(S(=O)(=O)Nc2ncccn2)cc1)C1CCN(c2cc(-c3ccccc3)ncn2)CC1. The van der Waals surface area contributed by atoms with Gasteiger partial charge >= 0.3 is 0 Å². The van der Waals surface area contributed by atoms with Crippen molar-refractivity contribution in [1.29, 1.82) is 0 Å². The van der Waals surface area contributed by atoms with E-state index in [1.807, 2.05) is 36.4 Å². The van der Waals surface area contributed by atoms with Gasteiger partial charge in [-0.15, -0.1) is 0 Å². The predicted octanol–water partition coefficient (Wildman–Crippen LogP) is 3.59. The summed E-state index contributed by atoms with van der Waals surface area (Å²) in [4.78, 5) is 31.6. The first-order valence-corrected chi connectivity index (χ1v) is 13.3. The third-order valence-corrected chi connectivity index (χ3v) is 7.48. The Balaban J connectivity index is 1.16. The van der Waals surface area contributed by atoms with Crippen LogP contribution in [0.3, 0.4) is 0 Å². The van der Waals surface area contributed by atoms with Gasteiger partial charge in [0.1, 0.15) is 12.1 Å². The monoisotopic (exact) mass is 515 g/mol. The number of sulfonamides is 1. The minimum absolute atomic E-state index is 0.00974. The summed E-state index contributed by atoms with van der Waals surface area (Å²) < 4.78 is 27.4. The van der Waals surface area contributed by atoms with Crippen molar-refractivity contribution in [3.63, 3.8) is 0 Å². The van der Waals surface area contributed by atoms with E-state index in [1.165, 1.54) is 24.5 Å². The molecule has 2 aromatic heterocycles. The molecule has 0 radical (unpaired) electrons. The molecular formula is C26H25N7O3S. The zero-order valence-electron chi connectivity index (χ0n) is 19.9. The number of amides is 1. The average Bonchev–Trinajstić information content (AvgIpc) is 2.94. The first kappa shape index (κ1) is 24.3. The minimum Gasteiger partial charge on any atom is -0.356 e. The topological polar surface area (TPSA) is 130 Å². The summed E-state index contributed by atoms with van der Waals surface area (Å²) in [5.74, 6) is 0.606. The van der Waals surface area contributed by atoms with Crippen LogP contribution in [0.1, 0.15) is 12.8 Å². The number of carbonyl (C=O) groups excluding carboxylic acids is 1. The Labute approximate surface area is 214 Å². The van der Waals surface area contributed by atoms with E-state index in [0.717, 1.165) is 17.1 Å². The zero-order valence-corrected chi connectivity index (χ0v) is 20.7. The van der Waals surface area contributed by atoms with Gasteiger partial charge in [0.05, 0.1) is 10.6 Å². The highest BCUT2D eigenvalue weighted by Gasteiger charge is 2.26. The molecule has 2 N–H and O–H groups in total. The van der Waals surface area contributed by atoms with E-state index in [9.17, 15) is 13.2 Å². The lowest BCUT2D eigenvalue weighted by molar-refractivity contribution is -0.120. The van der Waals surface area contributed by atoms with Crippen LogP contribution in [0.2, 0.25) is 0 Å². The number of nitrogens with one attached hydrogen (secondary N) is 2. The second-order valence-electron chi connectivity index (χ2n) is 8.58. The van der Waals surface area contributed by atoms with Gasteiger partial charge in [-0.25, -0.2) is 33.1 Å². The maximum Gasteiger partial charge on any atom is 0.264 e. The maximum absolute atomic E-state index is 12.9. The molecule has 0 atom stereocenters. The normalized spacial score (nSPS) is 14.2. The van der Waals surface area contributed by atoms with Crippen molar-refractivity contribution in [3.05, 3.63) is 85.5 Å². The lowest BCUT2D eigenvalue weighted by Gasteiger charge is -2.32. The molecule has 37 heavy (non-hydrogen) atoms. The average molecular weight is 516 g/mol. The first-order chi connectivity index (χ1) is 18.0. The van der Waals surface area contributed by atoms with Gasteiger partial charge in [0, 0.05) is 48.7 Å². The maximum atomic E-state index is 12.9. The Hall–Kier alpha value is -4.38. The van der Waals surface area contributed by atoms with E-state index in [0.29, 0.717) is 31.6 Å². The van der Waals surface area contributed by atoms with Gasteiger partial charge < -0.3 is 10.2 Å². The molecule has 0 spiro atoms. The molecule has 0 unspecified atom stereocenters. The fourth-order valence-corrected chi connectivity index (χ4v) is 5.11. The first-order valence-electron chi connectivity index (χ1n) is 11.8. The van der Waals surface area contributed by atoms with Gasteiger partial charge in [-0.2, -0.15) is 0 Å². The fraction of sp³-hybridized carbons (Fsp3) is 0.192. The molecule has 1 amide bonds. The summed E-state index contributed by atoms with van der Waals surface area (Å²) in [5.41, 5.74) is 2.43. The van der Waals surface area contributed by atoms with Crippen LogP contribution in [-0.2, 0) is 14.8 Å². The van der Waals surface area contributed by atoms with Crippen LogP contribution in [0.4, 0.5) is 17.5 Å². The highest BCUT2D eigenvalue weighted by atomic mass is 32.2. The van der Waals surface area contributed by atoms with Crippen molar-refractivity contribution in [2.45, 2.75) is 17.7 Å². The van der Waals surface area contributed by atoms with Crippen LogP contribution in [0.25, 0.3) is 11.3 Å². The second-order valence-corrected chi connectivity index (χ2v) is 10.3. The predicted molar refractivity (Wildman–Crippen MR) is 140 cm³/mol. The Kier molecular flexibility index (Phi) is 7.04. The number of hydrogen-bond acceptors (Lipinski definition) is 8. The van der Waals surface area contributed by atoms with Crippen LogP contribution in [-0.4, -0.2) is 47.4 Å². The van der Waals surface area contributed by atoms with Gasteiger partial charge in [-0.05, 0) is 43.2 Å². The fourth-order valence-electron chi connectivity index (χ4n) is 4.15. The number of aromatic nitrogens is 4. The Morgan fingerprint density at radius 1 is 0.865 bits per heavy atom. The van der Waals surface area contributed by atoms with Gasteiger partial charge in [0.2, 0.25) is 11.9 Å². The van der Waals surface area contributed by atoms with Crippen molar-refractivity contribution in [3.8, 4) is 11.3 Å². The summed E-state index contributed by atoms with van der Waals surface area (Å²) in [7, 11) is -3.84. The zero-order chi connectivity index (χ0) is 25.7. The number of benzene rings is 2. The molecule has 0 aliphatic carbocycles. The highest BCUT2D eigenvalue weighted by Crippen LogP contribution is 2.26. The third kappa shape index (κ3) is 5.89. The Bertz CT molecular complexity index is 1460. The number of carbonyl (C=O) groups is 1. The minimum atomic E-state index is -3.84. The van der Waals surface area contributed by atoms with Crippen molar-refractivity contribution < 1.29 is 13.2 Å². The van der Waals surface area contributed by atoms with Gasteiger partial charge in [-0.3, -0.25) is 4.79 Å². The largest absolute Gasteiger partial charge is 0.356 e. The van der Waals surface area contributed by atoms with E-state index >= 15 is 0 Å². The van der Waals surface area contributed by atoms with E-state index < -0.39 is 10.0 Å². The molecule has 1 fully saturated rings. The van der Waals surface area contributed by atoms with E-state index in [2.05, 4.69) is 34.9 Å². The van der Waals surface area contributed by atoms with Gasteiger partial charge in [0.15, 0.2) is 0 Å². The van der Waals surface area contributed by atoms with E-state index in [1.54, 1.807) is 24.5 Å².